The van der Waals surface area contributed by atoms with Crippen molar-refractivity contribution in [1.82, 2.24) is 24.4 Å². The van der Waals surface area contributed by atoms with Crippen molar-refractivity contribution in [3.8, 4) is 11.1 Å². The molecule has 3 aromatic heterocycles. The Kier molecular flexibility index (Phi) is 4.23. The van der Waals surface area contributed by atoms with Gasteiger partial charge in [-0.1, -0.05) is 6.07 Å². The van der Waals surface area contributed by atoms with Gasteiger partial charge in [0.1, 0.15) is 11.5 Å². The van der Waals surface area contributed by atoms with Crippen LogP contribution in [0, 0.1) is 12.8 Å². The van der Waals surface area contributed by atoms with Crippen LogP contribution in [0.1, 0.15) is 34.3 Å². The van der Waals surface area contributed by atoms with E-state index in [0.29, 0.717) is 31.2 Å². The molecule has 3 aromatic rings. The molecule has 0 saturated carbocycles. The fourth-order valence-corrected chi connectivity index (χ4v) is 4.56. The maximum absolute atomic E-state index is 13.0. The van der Waals surface area contributed by atoms with Gasteiger partial charge in [-0.05, 0) is 43.0 Å². The number of aromatic nitrogens is 4. The summed E-state index contributed by atoms with van der Waals surface area (Å²) in [6.45, 7) is 3.66. The van der Waals surface area contributed by atoms with Crippen LogP contribution in [0.3, 0.4) is 0 Å². The molecule has 2 aliphatic heterocycles. The molecular formula is C22H21N5O2. The van der Waals surface area contributed by atoms with Crippen LogP contribution in [0.25, 0.3) is 11.1 Å². The first-order chi connectivity index (χ1) is 14.1. The van der Waals surface area contributed by atoms with Crippen LogP contribution in [0.4, 0.5) is 0 Å². The lowest BCUT2D eigenvalue weighted by atomic mass is 9.82. The second-order valence-electron chi connectivity index (χ2n) is 7.86. The minimum atomic E-state index is -0.0654. The first-order valence-electron chi connectivity index (χ1n) is 9.82. The van der Waals surface area contributed by atoms with E-state index in [0.717, 1.165) is 23.2 Å². The molecular weight excluding hydrogens is 366 g/mol. The first-order valence-corrected chi connectivity index (χ1v) is 9.82. The minimum absolute atomic E-state index is 0.0160. The van der Waals surface area contributed by atoms with E-state index in [1.807, 2.05) is 21.6 Å². The van der Waals surface area contributed by atoms with Gasteiger partial charge in [-0.3, -0.25) is 14.6 Å². The molecule has 146 valence electrons. The summed E-state index contributed by atoms with van der Waals surface area (Å²) >= 11 is 0. The van der Waals surface area contributed by atoms with Crippen molar-refractivity contribution < 1.29 is 4.79 Å². The Hall–Kier alpha value is -3.35. The van der Waals surface area contributed by atoms with Crippen LogP contribution in [0.2, 0.25) is 0 Å². The third-order valence-corrected chi connectivity index (χ3v) is 5.83. The largest absolute Gasteiger partial charge is 0.336 e. The molecule has 2 atom stereocenters. The summed E-state index contributed by atoms with van der Waals surface area (Å²) in [6, 6.07) is 9.26. The average Bonchev–Trinajstić information content (AvgIpc) is 2.74. The normalized spacial score (nSPS) is 20.2. The minimum Gasteiger partial charge on any atom is -0.336 e. The molecule has 0 radical (unpaired) electrons. The lowest BCUT2D eigenvalue weighted by Gasteiger charge is -2.42. The molecule has 1 amide bonds. The average molecular weight is 387 g/mol. The fraction of sp³-hybridized carbons (Fsp3) is 0.318. The fourth-order valence-electron chi connectivity index (χ4n) is 4.56. The Bertz CT molecular complexity index is 1140. The number of piperidine rings is 1. The maximum atomic E-state index is 13.0. The number of carbonyl (C=O) groups is 1. The van der Waals surface area contributed by atoms with E-state index in [4.69, 9.17) is 0 Å². The number of pyridine rings is 2. The van der Waals surface area contributed by atoms with Crippen LogP contribution >= 0.6 is 0 Å². The van der Waals surface area contributed by atoms with Crippen LogP contribution < -0.4 is 5.56 Å². The predicted molar refractivity (Wildman–Crippen MR) is 107 cm³/mol. The third-order valence-electron chi connectivity index (χ3n) is 5.83. The molecule has 2 aliphatic rings. The number of hydrogen-bond acceptors (Lipinski definition) is 5. The highest BCUT2D eigenvalue weighted by atomic mass is 16.2. The molecule has 0 N–H and O–H groups in total. The van der Waals surface area contributed by atoms with Gasteiger partial charge in [0.05, 0.1) is 0 Å². The number of aryl methyl sites for hydroxylation is 1. The second-order valence-corrected chi connectivity index (χ2v) is 7.86. The van der Waals surface area contributed by atoms with Crippen molar-refractivity contribution in [3.63, 3.8) is 0 Å². The van der Waals surface area contributed by atoms with Gasteiger partial charge >= 0.3 is 0 Å². The van der Waals surface area contributed by atoms with E-state index < -0.39 is 0 Å². The summed E-state index contributed by atoms with van der Waals surface area (Å²) in [6.07, 6.45) is 6.10. The van der Waals surface area contributed by atoms with E-state index in [-0.39, 0.29) is 23.3 Å². The summed E-state index contributed by atoms with van der Waals surface area (Å²) in [4.78, 5) is 40.2. The van der Waals surface area contributed by atoms with E-state index in [2.05, 4.69) is 21.0 Å². The lowest BCUT2D eigenvalue weighted by molar-refractivity contribution is 0.0588. The molecule has 1 saturated heterocycles. The number of amides is 1. The van der Waals surface area contributed by atoms with E-state index in [1.54, 1.807) is 37.6 Å². The van der Waals surface area contributed by atoms with Crippen molar-refractivity contribution in [1.29, 1.82) is 0 Å². The number of nitrogens with zero attached hydrogens (tertiary/aromatic N) is 5. The van der Waals surface area contributed by atoms with Gasteiger partial charge in [-0.15, -0.1) is 0 Å². The summed E-state index contributed by atoms with van der Waals surface area (Å²) < 4.78 is 1.88. The summed E-state index contributed by atoms with van der Waals surface area (Å²) in [5, 5.41) is 0. The van der Waals surface area contributed by atoms with E-state index in [9.17, 15) is 9.59 Å². The first kappa shape index (κ1) is 17.7. The van der Waals surface area contributed by atoms with Gasteiger partial charge in [0.2, 0.25) is 0 Å². The topological polar surface area (TPSA) is 81.0 Å². The van der Waals surface area contributed by atoms with Gasteiger partial charge in [0, 0.05) is 61.5 Å². The Morgan fingerprint density at radius 2 is 2.00 bits per heavy atom. The molecule has 1 fully saturated rings. The smallest absolute Gasteiger partial charge is 0.272 e. The quantitative estimate of drug-likeness (QED) is 0.674. The Morgan fingerprint density at radius 3 is 2.79 bits per heavy atom. The van der Waals surface area contributed by atoms with Gasteiger partial charge in [-0.25, -0.2) is 9.97 Å². The highest BCUT2D eigenvalue weighted by Crippen LogP contribution is 2.36. The molecule has 0 spiro atoms. The number of fused-ring (bicyclic) bond motifs is 4. The Labute approximate surface area is 168 Å². The zero-order valence-corrected chi connectivity index (χ0v) is 16.2. The lowest BCUT2D eigenvalue weighted by Crippen LogP contribution is -2.49. The maximum Gasteiger partial charge on any atom is 0.272 e. The van der Waals surface area contributed by atoms with Gasteiger partial charge in [0.25, 0.3) is 11.5 Å². The van der Waals surface area contributed by atoms with Crippen molar-refractivity contribution in [2.45, 2.75) is 25.8 Å². The summed E-state index contributed by atoms with van der Waals surface area (Å²) in [5.41, 5.74) is 3.25. The summed E-state index contributed by atoms with van der Waals surface area (Å²) in [5.74, 6) is 0.934. The van der Waals surface area contributed by atoms with Gasteiger partial charge in [-0.2, -0.15) is 0 Å². The number of carbonyl (C=O) groups excluding carboxylic acids is 1. The zero-order valence-electron chi connectivity index (χ0n) is 16.2. The molecule has 5 heterocycles. The highest BCUT2D eigenvalue weighted by molar-refractivity contribution is 5.92. The highest BCUT2D eigenvalue weighted by Gasteiger charge is 2.37. The van der Waals surface area contributed by atoms with Crippen LogP contribution in [-0.4, -0.2) is 43.4 Å². The predicted octanol–water partition coefficient (Wildman–Crippen LogP) is 2.27. The SMILES string of the molecule is Cc1nccc(C(=O)N2C[C@@H]3C[C@H](C2)c2cc(-c4cccnc4)cc(=O)n2C3)n1. The Morgan fingerprint density at radius 1 is 1.10 bits per heavy atom. The molecule has 0 aromatic carbocycles. The molecule has 5 rings (SSSR count). The molecule has 0 aliphatic carbocycles. The van der Waals surface area contributed by atoms with Crippen molar-refractivity contribution in [2.75, 3.05) is 13.1 Å². The zero-order chi connectivity index (χ0) is 20.0. The molecule has 29 heavy (non-hydrogen) atoms. The van der Waals surface area contributed by atoms with E-state index >= 15 is 0 Å². The monoisotopic (exact) mass is 387 g/mol. The van der Waals surface area contributed by atoms with Gasteiger partial charge in [0.15, 0.2) is 0 Å². The number of rotatable bonds is 2. The molecule has 7 heteroatoms. The molecule has 2 bridgehead atoms. The second kappa shape index (κ2) is 6.92. The van der Waals surface area contributed by atoms with E-state index in [1.165, 1.54) is 0 Å². The van der Waals surface area contributed by atoms with Gasteiger partial charge < -0.3 is 9.47 Å². The van der Waals surface area contributed by atoms with Crippen molar-refractivity contribution >= 4 is 5.91 Å². The standard InChI is InChI=1S/C22H21N5O2/c1-14-24-6-4-19(25-14)22(29)26-11-15-7-18(13-26)20-8-17(9-21(28)27(20)12-15)16-3-2-5-23-10-16/h2-6,8-10,15,18H,7,11-13H2,1H3/t15-,18+/m0/s1. The molecule has 7 nitrogen and oxygen atoms in total. The van der Waals surface area contributed by atoms with Crippen LogP contribution in [0.15, 0.2) is 53.7 Å². The third kappa shape index (κ3) is 3.22. The summed E-state index contributed by atoms with van der Waals surface area (Å²) in [7, 11) is 0. The number of likely N-dealkylation sites (tertiary alicyclic amines) is 1. The van der Waals surface area contributed by atoms with Crippen molar-refractivity contribution in [2.24, 2.45) is 5.92 Å². The van der Waals surface area contributed by atoms with Crippen molar-refractivity contribution in [3.05, 3.63) is 76.5 Å². The molecule has 0 unspecified atom stereocenters. The van der Waals surface area contributed by atoms with Crippen LogP contribution in [-0.2, 0) is 6.54 Å². The Balaban J connectivity index is 1.49. The number of hydrogen-bond donors (Lipinski definition) is 0. The van der Waals surface area contributed by atoms with Crippen LogP contribution in [0.5, 0.6) is 0 Å².